The van der Waals surface area contributed by atoms with Gasteiger partial charge in [0.05, 0.1) is 12.3 Å². The molecule has 2 N–H and O–H groups in total. The SMILES string of the molecule is O=S(=O)(NCC1CCCCO1)c1ccn[nH]1. The van der Waals surface area contributed by atoms with Gasteiger partial charge in [0.15, 0.2) is 5.03 Å². The lowest BCUT2D eigenvalue weighted by molar-refractivity contribution is 0.0200. The van der Waals surface area contributed by atoms with Crippen LogP contribution in [-0.2, 0) is 14.8 Å². The number of hydrogen-bond acceptors (Lipinski definition) is 4. The van der Waals surface area contributed by atoms with E-state index in [1.54, 1.807) is 0 Å². The van der Waals surface area contributed by atoms with Crippen molar-refractivity contribution in [3.8, 4) is 0 Å². The summed E-state index contributed by atoms with van der Waals surface area (Å²) >= 11 is 0. The molecule has 0 amide bonds. The van der Waals surface area contributed by atoms with Crippen molar-refractivity contribution < 1.29 is 13.2 Å². The van der Waals surface area contributed by atoms with Crippen molar-refractivity contribution >= 4 is 10.0 Å². The van der Waals surface area contributed by atoms with E-state index in [2.05, 4.69) is 14.9 Å². The monoisotopic (exact) mass is 245 g/mol. The molecule has 0 radical (unpaired) electrons. The van der Waals surface area contributed by atoms with Crippen molar-refractivity contribution in [3.05, 3.63) is 12.3 Å². The predicted octanol–water partition coefficient (Wildman–Crippen LogP) is 0.257. The molecule has 1 aliphatic heterocycles. The van der Waals surface area contributed by atoms with E-state index < -0.39 is 10.0 Å². The minimum absolute atomic E-state index is 0.00792. The fourth-order valence-corrected chi connectivity index (χ4v) is 2.62. The van der Waals surface area contributed by atoms with E-state index in [9.17, 15) is 8.42 Å². The minimum Gasteiger partial charge on any atom is -0.377 e. The van der Waals surface area contributed by atoms with Crippen LogP contribution in [0.1, 0.15) is 19.3 Å². The third-order valence-corrected chi connectivity index (χ3v) is 3.89. The van der Waals surface area contributed by atoms with Crippen molar-refractivity contribution in [3.63, 3.8) is 0 Å². The fourth-order valence-electron chi connectivity index (χ4n) is 1.64. The Balaban J connectivity index is 1.89. The van der Waals surface area contributed by atoms with Gasteiger partial charge < -0.3 is 4.74 Å². The largest absolute Gasteiger partial charge is 0.377 e. The summed E-state index contributed by atoms with van der Waals surface area (Å²) in [5.41, 5.74) is 0. The molecule has 1 aromatic rings. The predicted molar refractivity (Wildman–Crippen MR) is 57.4 cm³/mol. The Bertz CT molecular complexity index is 409. The molecule has 0 bridgehead atoms. The van der Waals surface area contributed by atoms with E-state index in [-0.39, 0.29) is 11.1 Å². The van der Waals surface area contributed by atoms with Gasteiger partial charge in [-0.3, -0.25) is 5.10 Å². The Morgan fingerprint density at radius 3 is 3.06 bits per heavy atom. The first-order valence-electron chi connectivity index (χ1n) is 5.29. The second-order valence-electron chi connectivity index (χ2n) is 3.76. The van der Waals surface area contributed by atoms with E-state index >= 15 is 0 Å². The van der Waals surface area contributed by atoms with Crippen molar-refractivity contribution in [1.82, 2.24) is 14.9 Å². The van der Waals surface area contributed by atoms with Crippen LogP contribution in [0.15, 0.2) is 17.3 Å². The molecule has 7 heteroatoms. The van der Waals surface area contributed by atoms with Crippen LogP contribution >= 0.6 is 0 Å². The lowest BCUT2D eigenvalue weighted by Crippen LogP contribution is -2.35. The minimum atomic E-state index is -3.46. The summed E-state index contributed by atoms with van der Waals surface area (Å²) in [4.78, 5) is 0. The summed E-state index contributed by atoms with van der Waals surface area (Å²) in [5.74, 6) is 0. The van der Waals surface area contributed by atoms with Gasteiger partial charge in [0, 0.05) is 13.2 Å². The highest BCUT2D eigenvalue weighted by Gasteiger charge is 2.19. The topological polar surface area (TPSA) is 84.1 Å². The van der Waals surface area contributed by atoms with Gasteiger partial charge in [-0.2, -0.15) is 5.10 Å². The number of H-pyrrole nitrogens is 1. The van der Waals surface area contributed by atoms with E-state index in [4.69, 9.17) is 4.74 Å². The second kappa shape index (κ2) is 4.94. The molecule has 1 fully saturated rings. The van der Waals surface area contributed by atoms with Gasteiger partial charge in [0.2, 0.25) is 0 Å². The molecule has 1 atom stereocenters. The van der Waals surface area contributed by atoms with E-state index in [0.29, 0.717) is 6.54 Å². The van der Waals surface area contributed by atoms with Crippen LogP contribution in [0.4, 0.5) is 0 Å². The lowest BCUT2D eigenvalue weighted by atomic mass is 10.1. The molecule has 16 heavy (non-hydrogen) atoms. The number of rotatable bonds is 4. The van der Waals surface area contributed by atoms with Crippen LogP contribution < -0.4 is 4.72 Å². The average molecular weight is 245 g/mol. The third-order valence-electron chi connectivity index (χ3n) is 2.54. The molecule has 0 aliphatic carbocycles. The molecule has 0 spiro atoms. The zero-order valence-corrected chi connectivity index (χ0v) is 9.66. The lowest BCUT2D eigenvalue weighted by Gasteiger charge is -2.22. The van der Waals surface area contributed by atoms with Gasteiger partial charge in [-0.15, -0.1) is 0 Å². The second-order valence-corrected chi connectivity index (χ2v) is 5.50. The third kappa shape index (κ3) is 2.81. The van der Waals surface area contributed by atoms with Crippen LogP contribution in [-0.4, -0.2) is 37.9 Å². The Morgan fingerprint density at radius 2 is 2.44 bits per heavy atom. The maximum atomic E-state index is 11.7. The maximum Gasteiger partial charge on any atom is 0.257 e. The molecular formula is C9H15N3O3S. The molecule has 1 aromatic heterocycles. The number of aromatic nitrogens is 2. The first kappa shape index (κ1) is 11.6. The summed E-state index contributed by atoms with van der Waals surface area (Å²) < 4.78 is 31.3. The molecule has 0 aromatic carbocycles. The molecular weight excluding hydrogens is 230 g/mol. The Labute approximate surface area is 94.4 Å². The summed E-state index contributed by atoms with van der Waals surface area (Å²) in [6, 6.07) is 1.42. The van der Waals surface area contributed by atoms with Gasteiger partial charge in [0.25, 0.3) is 10.0 Å². The van der Waals surface area contributed by atoms with E-state index in [1.165, 1.54) is 12.3 Å². The van der Waals surface area contributed by atoms with Crippen molar-refractivity contribution in [2.45, 2.75) is 30.4 Å². The molecule has 1 saturated heterocycles. The normalized spacial score (nSPS) is 22.1. The smallest absolute Gasteiger partial charge is 0.257 e. The van der Waals surface area contributed by atoms with Crippen LogP contribution in [0.5, 0.6) is 0 Å². The van der Waals surface area contributed by atoms with E-state index in [0.717, 1.165) is 25.9 Å². The van der Waals surface area contributed by atoms with Crippen molar-refractivity contribution in [1.29, 1.82) is 0 Å². The van der Waals surface area contributed by atoms with Crippen LogP contribution in [0.3, 0.4) is 0 Å². The molecule has 90 valence electrons. The van der Waals surface area contributed by atoms with Gasteiger partial charge in [-0.1, -0.05) is 0 Å². The van der Waals surface area contributed by atoms with E-state index in [1.807, 2.05) is 0 Å². The number of ether oxygens (including phenoxy) is 1. The Morgan fingerprint density at radius 1 is 1.56 bits per heavy atom. The first-order chi connectivity index (χ1) is 7.68. The van der Waals surface area contributed by atoms with Gasteiger partial charge in [-0.05, 0) is 25.3 Å². The summed E-state index contributed by atoms with van der Waals surface area (Å²) in [7, 11) is -3.46. The molecule has 0 saturated carbocycles. The summed E-state index contributed by atoms with van der Waals surface area (Å²) in [5, 5.41) is 6.12. The molecule has 2 rings (SSSR count). The quantitative estimate of drug-likeness (QED) is 0.796. The van der Waals surface area contributed by atoms with Crippen LogP contribution in [0.2, 0.25) is 0 Å². The summed E-state index contributed by atoms with van der Waals surface area (Å²) in [6.07, 6.45) is 4.46. The molecule has 2 heterocycles. The highest BCUT2D eigenvalue weighted by Crippen LogP contribution is 2.12. The number of hydrogen-bond donors (Lipinski definition) is 2. The van der Waals surface area contributed by atoms with Crippen molar-refractivity contribution in [2.75, 3.05) is 13.2 Å². The number of sulfonamides is 1. The first-order valence-corrected chi connectivity index (χ1v) is 6.77. The number of nitrogens with zero attached hydrogens (tertiary/aromatic N) is 1. The number of aromatic amines is 1. The van der Waals surface area contributed by atoms with Gasteiger partial charge >= 0.3 is 0 Å². The maximum absolute atomic E-state index is 11.7. The molecule has 1 aliphatic rings. The fraction of sp³-hybridized carbons (Fsp3) is 0.667. The average Bonchev–Trinajstić information content (AvgIpc) is 2.82. The van der Waals surface area contributed by atoms with Crippen LogP contribution in [0.25, 0.3) is 0 Å². The van der Waals surface area contributed by atoms with Gasteiger partial charge in [0.1, 0.15) is 0 Å². The van der Waals surface area contributed by atoms with Crippen LogP contribution in [0, 0.1) is 0 Å². The highest BCUT2D eigenvalue weighted by molar-refractivity contribution is 7.89. The zero-order valence-electron chi connectivity index (χ0n) is 8.85. The standard InChI is InChI=1S/C9H15N3O3S/c13-16(14,9-4-5-10-12-9)11-7-8-3-1-2-6-15-8/h4-5,8,11H,1-3,6-7H2,(H,10,12). The molecule has 1 unspecified atom stereocenters. The number of nitrogens with one attached hydrogen (secondary N) is 2. The van der Waals surface area contributed by atoms with Gasteiger partial charge in [-0.25, -0.2) is 13.1 Å². The highest BCUT2D eigenvalue weighted by atomic mass is 32.2. The summed E-state index contributed by atoms with van der Waals surface area (Å²) in [6.45, 7) is 1.04. The Kier molecular flexibility index (Phi) is 3.57. The molecule has 6 nitrogen and oxygen atoms in total. The van der Waals surface area contributed by atoms with Crippen molar-refractivity contribution in [2.24, 2.45) is 0 Å². The zero-order chi connectivity index (χ0) is 11.4. The Hall–Kier alpha value is -0.920.